The van der Waals surface area contributed by atoms with Crippen LogP contribution in [-0.4, -0.2) is 57.1 Å². The lowest BCUT2D eigenvalue weighted by Gasteiger charge is -2.35. The summed E-state index contributed by atoms with van der Waals surface area (Å²) in [5.41, 5.74) is 2.11. The molecule has 0 spiro atoms. The molecular formula is C23H30FN3O3S. The van der Waals surface area contributed by atoms with E-state index in [4.69, 9.17) is 0 Å². The first-order valence-corrected chi connectivity index (χ1v) is 12.3. The topological polar surface area (TPSA) is 69.7 Å². The van der Waals surface area contributed by atoms with Crippen molar-refractivity contribution in [3.8, 4) is 0 Å². The number of hydrogen-bond donors (Lipinski definition) is 1. The Bertz CT molecular complexity index is 928. The van der Waals surface area contributed by atoms with Gasteiger partial charge < -0.3 is 10.2 Å². The molecule has 2 aromatic carbocycles. The largest absolute Gasteiger partial charge is 0.369 e. The molecule has 1 heterocycles. The maximum atomic E-state index is 13.1. The van der Waals surface area contributed by atoms with Crippen LogP contribution < -0.4 is 10.2 Å². The molecule has 1 amide bonds. The maximum absolute atomic E-state index is 13.1. The smallest absolute Gasteiger partial charge is 0.220 e. The van der Waals surface area contributed by atoms with Crippen molar-refractivity contribution in [3.05, 3.63) is 66.0 Å². The lowest BCUT2D eigenvalue weighted by atomic mass is 10.1. The lowest BCUT2D eigenvalue weighted by Crippen LogP contribution is -2.49. The first-order chi connectivity index (χ1) is 14.9. The number of nitrogens with one attached hydrogen (secondary N) is 1. The van der Waals surface area contributed by atoms with Gasteiger partial charge in [-0.25, -0.2) is 12.8 Å². The van der Waals surface area contributed by atoms with E-state index in [0.717, 1.165) is 18.5 Å². The number of sulfonamides is 1. The van der Waals surface area contributed by atoms with Crippen molar-refractivity contribution in [2.45, 2.75) is 25.7 Å². The van der Waals surface area contributed by atoms with Crippen molar-refractivity contribution in [1.82, 2.24) is 9.62 Å². The summed E-state index contributed by atoms with van der Waals surface area (Å²) in [5.74, 6) is -0.303. The monoisotopic (exact) mass is 447 g/mol. The molecule has 0 radical (unpaired) electrons. The van der Waals surface area contributed by atoms with E-state index in [1.165, 1.54) is 22.0 Å². The van der Waals surface area contributed by atoms with Gasteiger partial charge in [-0.05, 0) is 49.1 Å². The van der Waals surface area contributed by atoms with Gasteiger partial charge in [0, 0.05) is 44.8 Å². The van der Waals surface area contributed by atoms with Gasteiger partial charge in [0.15, 0.2) is 0 Å². The summed E-state index contributed by atoms with van der Waals surface area (Å²) < 4.78 is 39.8. The van der Waals surface area contributed by atoms with Gasteiger partial charge in [-0.2, -0.15) is 4.31 Å². The number of aryl methyl sites for hydroxylation is 1. The van der Waals surface area contributed by atoms with E-state index in [-0.39, 0.29) is 17.5 Å². The molecule has 1 aliphatic heterocycles. The fraction of sp³-hybridized carbons (Fsp3) is 0.435. The highest BCUT2D eigenvalue weighted by molar-refractivity contribution is 7.89. The van der Waals surface area contributed by atoms with E-state index in [1.807, 2.05) is 30.3 Å². The van der Waals surface area contributed by atoms with Crippen molar-refractivity contribution in [3.63, 3.8) is 0 Å². The maximum Gasteiger partial charge on any atom is 0.220 e. The number of amides is 1. The van der Waals surface area contributed by atoms with Crippen LogP contribution in [0.2, 0.25) is 0 Å². The van der Waals surface area contributed by atoms with Gasteiger partial charge in [-0.3, -0.25) is 4.79 Å². The van der Waals surface area contributed by atoms with Crippen LogP contribution in [0.3, 0.4) is 0 Å². The normalized spacial score (nSPS) is 15.1. The molecule has 0 aromatic heterocycles. The van der Waals surface area contributed by atoms with Crippen LogP contribution >= 0.6 is 0 Å². The number of anilines is 1. The highest BCUT2D eigenvalue weighted by atomic mass is 32.2. The molecule has 0 atom stereocenters. The van der Waals surface area contributed by atoms with Crippen LogP contribution in [0, 0.1) is 5.82 Å². The van der Waals surface area contributed by atoms with Crippen molar-refractivity contribution in [1.29, 1.82) is 0 Å². The van der Waals surface area contributed by atoms with Crippen LogP contribution in [-0.2, 0) is 21.2 Å². The van der Waals surface area contributed by atoms with E-state index in [1.54, 1.807) is 12.1 Å². The van der Waals surface area contributed by atoms with E-state index in [9.17, 15) is 17.6 Å². The van der Waals surface area contributed by atoms with E-state index >= 15 is 0 Å². The molecule has 1 fully saturated rings. The molecule has 0 aliphatic carbocycles. The molecule has 168 valence electrons. The number of hydrogen-bond acceptors (Lipinski definition) is 4. The highest BCUT2D eigenvalue weighted by Crippen LogP contribution is 2.18. The zero-order chi connectivity index (χ0) is 22.1. The third-order valence-electron chi connectivity index (χ3n) is 5.44. The minimum atomic E-state index is -3.35. The molecule has 1 saturated heterocycles. The molecule has 0 unspecified atom stereocenters. The second kappa shape index (κ2) is 11.2. The van der Waals surface area contributed by atoms with Gasteiger partial charge in [0.1, 0.15) is 5.82 Å². The Morgan fingerprint density at radius 2 is 1.61 bits per heavy atom. The molecule has 31 heavy (non-hydrogen) atoms. The molecule has 3 rings (SSSR count). The molecular weight excluding hydrogens is 417 g/mol. The Labute approximate surface area is 184 Å². The van der Waals surface area contributed by atoms with E-state index in [0.29, 0.717) is 45.6 Å². The fourth-order valence-electron chi connectivity index (χ4n) is 3.67. The number of carbonyl (C=O) groups excluding carboxylic acids is 1. The van der Waals surface area contributed by atoms with Crippen LogP contribution in [0.25, 0.3) is 0 Å². The third kappa shape index (κ3) is 7.33. The molecule has 2 aromatic rings. The first kappa shape index (κ1) is 23.2. The summed E-state index contributed by atoms with van der Waals surface area (Å²) in [5, 5.41) is 2.82. The average molecular weight is 448 g/mol. The van der Waals surface area contributed by atoms with Crippen molar-refractivity contribution >= 4 is 21.6 Å². The number of piperazine rings is 1. The van der Waals surface area contributed by atoms with Crippen LogP contribution in [0.4, 0.5) is 10.1 Å². The zero-order valence-corrected chi connectivity index (χ0v) is 18.5. The molecule has 0 bridgehead atoms. The second-order valence-electron chi connectivity index (χ2n) is 7.72. The van der Waals surface area contributed by atoms with Gasteiger partial charge in [-0.15, -0.1) is 0 Å². The molecule has 1 aliphatic rings. The fourth-order valence-corrected chi connectivity index (χ4v) is 5.16. The minimum Gasteiger partial charge on any atom is -0.369 e. The van der Waals surface area contributed by atoms with Crippen molar-refractivity contribution in [2.75, 3.05) is 43.4 Å². The molecule has 1 N–H and O–H groups in total. The summed E-state index contributed by atoms with van der Waals surface area (Å²) >= 11 is 0. The Hall–Kier alpha value is -2.45. The quantitative estimate of drug-likeness (QED) is 0.569. The van der Waals surface area contributed by atoms with Crippen molar-refractivity contribution < 1.29 is 17.6 Å². The predicted octanol–water partition coefficient (Wildman–Crippen LogP) is 2.81. The van der Waals surface area contributed by atoms with Gasteiger partial charge in [-0.1, -0.05) is 30.3 Å². The van der Waals surface area contributed by atoms with Gasteiger partial charge >= 0.3 is 0 Å². The molecule has 8 heteroatoms. The third-order valence-corrected chi connectivity index (χ3v) is 7.39. The Kier molecular flexibility index (Phi) is 8.43. The molecule has 6 nitrogen and oxygen atoms in total. The predicted molar refractivity (Wildman–Crippen MR) is 121 cm³/mol. The summed E-state index contributed by atoms with van der Waals surface area (Å²) in [6, 6.07) is 16.3. The second-order valence-corrected chi connectivity index (χ2v) is 9.81. The lowest BCUT2D eigenvalue weighted by molar-refractivity contribution is -0.121. The Balaban J connectivity index is 1.32. The Morgan fingerprint density at radius 3 is 2.29 bits per heavy atom. The van der Waals surface area contributed by atoms with Gasteiger partial charge in [0.25, 0.3) is 0 Å². The van der Waals surface area contributed by atoms with E-state index < -0.39 is 10.0 Å². The number of carbonyl (C=O) groups is 1. The van der Waals surface area contributed by atoms with Crippen molar-refractivity contribution in [2.24, 2.45) is 0 Å². The molecule has 0 saturated carbocycles. The van der Waals surface area contributed by atoms with Gasteiger partial charge in [0.2, 0.25) is 15.9 Å². The standard InChI is InChI=1S/C23H30FN3O3S/c24-21-10-12-22(13-11-21)26-15-17-27(18-16-26)31(29,30)19-5-14-25-23(28)9-4-8-20-6-2-1-3-7-20/h1-3,6-7,10-13H,4-5,8-9,14-19H2,(H,25,28). The van der Waals surface area contributed by atoms with Crippen LogP contribution in [0.5, 0.6) is 0 Å². The number of nitrogens with zero attached hydrogens (tertiary/aromatic N) is 2. The zero-order valence-electron chi connectivity index (χ0n) is 17.7. The van der Waals surface area contributed by atoms with Crippen LogP contribution in [0.1, 0.15) is 24.8 Å². The summed E-state index contributed by atoms with van der Waals surface area (Å²) in [7, 11) is -3.35. The first-order valence-electron chi connectivity index (χ1n) is 10.7. The van der Waals surface area contributed by atoms with E-state index in [2.05, 4.69) is 10.2 Å². The summed E-state index contributed by atoms with van der Waals surface area (Å²) in [6.07, 6.45) is 2.46. The summed E-state index contributed by atoms with van der Waals surface area (Å²) in [4.78, 5) is 14.0. The average Bonchev–Trinajstić information content (AvgIpc) is 2.78. The van der Waals surface area contributed by atoms with Gasteiger partial charge in [0.05, 0.1) is 5.75 Å². The minimum absolute atomic E-state index is 0.0217. The summed E-state index contributed by atoms with van der Waals surface area (Å²) in [6.45, 7) is 2.32. The Morgan fingerprint density at radius 1 is 0.935 bits per heavy atom. The number of rotatable bonds is 10. The SMILES string of the molecule is O=C(CCCc1ccccc1)NCCCS(=O)(=O)N1CCN(c2ccc(F)cc2)CC1. The highest BCUT2D eigenvalue weighted by Gasteiger charge is 2.26. The number of halogens is 1. The van der Waals surface area contributed by atoms with Crippen LogP contribution in [0.15, 0.2) is 54.6 Å². The number of benzene rings is 2.